The quantitative estimate of drug-likeness (QED) is 0.574. The lowest BCUT2D eigenvalue weighted by Crippen LogP contribution is -2.14. The highest BCUT2D eigenvalue weighted by atomic mass is 16.4. The first-order valence-electron chi connectivity index (χ1n) is 7.38. The van der Waals surface area contributed by atoms with Gasteiger partial charge in [-0.25, -0.2) is 4.79 Å². The Balaban J connectivity index is 1.90. The van der Waals surface area contributed by atoms with E-state index in [2.05, 4.69) is 0 Å². The van der Waals surface area contributed by atoms with Gasteiger partial charge in [0.05, 0.1) is 22.6 Å². The summed E-state index contributed by atoms with van der Waals surface area (Å²) in [6.07, 6.45) is 1.25. The lowest BCUT2D eigenvalue weighted by Gasteiger charge is -2.06. The van der Waals surface area contributed by atoms with Crippen LogP contribution in [0.3, 0.4) is 0 Å². The number of hydrogen-bond donors (Lipinski definition) is 1. The molecule has 0 saturated heterocycles. The minimum absolute atomic E-state index is 0.0382. The van der Waals surface area contributed by atoms with E-state index >= 15 is 0 Å². The first kappa shape index (κ1) is 14.3. The van der Waals surface area contributed by atoms with Gasteiger partial charge in [0.1, 0.15) is 16.9 Å². The largest absolute Gasteiger partial charge is 0.507 e. The van der Waals surface area contributed by atoms with Gasteiger partial charge in [-0.3, -0.25) is 4.79 Å². The van der Waals surface area contributed by atoms with Gasteiger partial charge in [0, 0.05) is 12.0 Å². The Kier molecular flexibility index (Phi) is 3.20. The van der Waals surface area contributed by atoms with Gasteiger partial charge in [0.25, 0.3) is 0 Å². The maximum atomic E-state index is 12.5. The molecule has 0 aliphatic rings. The molecule has 5 heteroatoms. The van der Waals surface area contributed by atoms with Crippen LogP contribution in [0.5, 0.6) is 5.75 Å². The van der Waals surface area contributed by atoms with Crippen molar-refractivity contribution in [2.75, 3.05) is 0 Å². The molecule has 4 rings (SSSR count). The Labute approximate surface area is 135 Å². The van der Waals surface area contributed by atoms with Gasteiger partial charge in [-0.2, -0.15) is 0 Å². The molecule has 2 aromatic carbocycles. The molecule has 5 nitrogen and oxygen atoms in total. The molecule has 0 amide bonds. The van der Waals surface area contributed by atoms with Crippen molar-refractivity contribution in [1.29, 1.82) is 0 Å². The average molecular weight is 320 g/mol. The summed E-state index contributed by atoms with van der Waals surface area (Å²) in [5.41, 5.74) is 0.195. The molecule has 0 unspecified atom stereocenters. The van der Waals surface area contributed by atoms with Gasteiger partial charge in [-0.05, 0) is 24.3 Å². The third-order valence-electron chi connectivity index (χ3n) is 4.00. The van der Waals surface area contributed by atoms with Crippen LogP contribution in [-0.4, -0.2) is 5.11 Å². The normalized spacial score (nSPS) is 11.2. The van der Waals surface area contributed by atoms with E-state index in [1.807, 2.05) is 0 Å². The average Bonchev–Trinajstić information content (AvgIpc) is 2.60. The molecular weight excluding hydrogens is 308 g/mol. The van der Waals surface area contributed by atoms with E-state index in [-0.39, 0.29) is 28.7 Å². The Morgan fingerprint density at radius 2 is 1.54 bits per heavy atom. The number of benzene rings is 2. The number of rotatable bonds is 2. The van der Waals surface area contributed by atoms with Crippen LogP contribution in [-0.2, 0) is 6.42 Å². The smallest absolute Gasteiger partial charge is 0.343 e. The zero-order chi connectivity index (χ0) is 16.7. The standard InChI is InChI=1S/C19H12O5/c20-17-11(10-23-15-7-3-1-5-12(15)17)9-14-18(21)13-6-2-4-8-16(13)24-19(14)22/h1-8,10,21H,9H2. The Morgan fingerprint density at radius 1 is 0.875 bits per heavy atom. The van der Waals surface area contributed by atoms with Gasteiger partial charge in [0.2, 0.25) is 0 Å². The molecule has 1 N–H and O–H groups in total. The van der Waals surface area contributed by atoms with Crippen LogP contribution in [0.2, 0.25) is 0 Å². The van der Waals surface area contributed by atoms with Gasteiger partial charge in [-0.1, -0.05) is 24.3 Å². The van der Waals surface area contributed by atoms with Crippen molar-refractivity contribution in [1.82, 2.24) is 0 Å². The maximum absolute atomic E-state index is 12.5. The van der Waals surface area contributed by atoms with E-state index in [9.17, 15) is 14.7 Å². The molecule has 0 radical (unpaired) electrons. The first-order chi connectivity index (χ1) is 11.6. The second-order valence-corrected chi connectivity index (χ2v) is 5.48. The monoisotopic (exact) mass is 320 g/mol. The van der Waals surface area contributed by atoms with Crippen molar-refractivity contribution >= 4 is 21.9 Å². The summed E-state index contributed by atoms with van der Waals surface area (Å²) in [5, 5.41) is 11.3. The van der Waals surface area contributed by atoms with E-state index in [4.69, 9.17) is 8.83 Å². The summed E-state index contributed by atoms with van der Waals surface area (Å²) in [6, 6.07) is 13.6. The molecule has 0 bridgehead atoms. The topological polar surface area (TPSA) is 80.7 Å². The summed E-state index contributed by atoms with van der Waals surface area (Å²) >= 11 is 0. The van der Waals surface area contributed by atoms with Crippen molar-refractivity contribution in [2.45, 2.75) is 6.42 Å². The van der Waals surface area contributed by atoms with Gasteiger partial charge in [-0.15, -0.1) is 0 Å². The third-order valence-corrected chi connectivity index (χ3v) is 4.00. The van der Waals surface area contributed by atoms with Crippen molar-refractivity contribution < 1.29 is 13.9 Å². The molecule has 2 aromatic heterocycles. The predicted octanol–water partition coefficient (Wildman–Crippen LogP) is 3.20. The molecule has 0 saturated carbocycles. The molecule has 118 valence electrons. The van der Waals surface area contributed by atoms with Crippen LogP contribution in [0, 0.1) is 0 Å². The lowest BCUT2D eigenvalue weighted by atomic mass is 10.0. The van der Waals surface area contributed by atoms with Crippen LogP contribution < -0.4 is 11.1 Å². The second kappa shape index (κ2) is 5.38. The summed E-state index contributed by atoms with van der Waals surface area (Å²) in [5.74, 6) is -0.172. The molecule has 0 fully saturated rings. The Hall–Kier alpha value is -3.34. The number of para-hydroxylation sites is 2. The predicted molar refractivity (Wildman–Crippen MR) is 89.4 cm³/mol. The van der Waals surface area contributed by atoms with Crippen molar-refractivity contribution in [3.8, 4) is 5.75 Å². The fourth-order valence-corrected chi connectivity index (χ4v) is 2.76. The number of hydrogen-bond acceptors (Lipinski definition) is 5. The maximum Gasteiger partial charge on any atom is 0.343 e. The highest BCUT2D eigenvalue weighted by Gasteiger charge is 2.16. The number of aromatic hydroxyl groups is 1. The molecule has 0 aliphatic heterocycles. The summed E-state index contributed by atoms with van der Waals surface area (Å²) < 4.78 is 10.7. The summed E-state index contributed by atoms with van der Waals surface area (Å²) in [6.45, 7) is 0. The third kappa shape index (κ3) is 2.18. The number of fused-ring (bicyclic) bond motifs is 2. The molecule has 4 aromatic rings. The van der Waals surface area contributed by atoms with E-state index in [1.54, 1.807) is 48.5 Å². The van der Waals surface area contributed by atoms with Gasteiger partial charge >= 0.3 is 5.63 Å². The van der Waals surface area contributed by atoms with E-state index < -0.39 is 5.63 Å². The summed E-state index contributed by atoms with van der Waals surface area (Å²) in [4.78, 5) is 24.7. The van der Waals surface area contributed by atoms with Crippen molar-refractivity contribution in [3.63, 3.8) is 0 Å². The zero-order valence-corrected chi connectivity index (χ0v) is 12.5. The molecule has 2 heterocycles. The van der Waals surface area contributed by atoms with E-state index in [1.165, 1.54) is 6.26 Å². The fraction of sp³-hybridized carbons (Fsp3) is 0.0526. The molecule has 0 atom stereocenters. The van der Waals surface area contributed by atoms with Crippen LogP contribution in [0.4, 0.5) is 0 Å². The van der Waals surface area contributed by atoms with Gasteiger partial charge < -0.3 is 13.9 Å². The lowest BCUT2D eigenvalue weighted by molar-refractivity contribution is 0.458. The van der Waals surface area contributed by atoms with E-state index in [0.717, 1.165) is 0 Å². The molecule has 24 heavy (non-hydrogen) atoms. The second-order valence-electron chi connectivity index (χ2n) is 5.48. The van der Waals surface area contributed by atoms with Crippen LogP contribution in [0.25, 0.3) is 21.9 Å². The zero-order valence-electron chi connectivity index (χ0n) is 12.5. The summed E-state index contributed by atoms with van der Waals surface area (Å²) in [7, 11) is 0. The van der Waals surface area contributed by atoms with Crippen LogP contribution in [0.15, 0.2) is 73.2 Å². The van der Waals surface area contributed by atoms with Crippen molar-refractivity contribution in [3.05, 3.63) is 86.6 Å². The molecule has 0 aliphatic carbocycles. The Bertz CT molecular complexity index is 1180. The highest BCUT2D eigenvalue weighted by molar-refractivity contribution is 5.84. The Morgan fingerprint density at radius 3 is 2.33 bits per heavy atom. The van der Waals surface area contributed by atoms with E-state index in [0.29, 0.717) is 21.9 Å². The first-order valence-corrected chi connectivity index (χ1v) is 7.38. The van der Waals surface area contributed by atoms with Gasteiger partial charge in [0.15, 0.2) is 5.43 Å². The molecular formula is C19H12O5. The van der Waals surface area contributed by atoms with Crippen molar-refractivity contribution in [2.24, 2.45) is 0 Å². The minimum Gasteiger partial charge on any atom is -0.507 e. The highest BCUT2D eigenvalue weighted by Crippen LogP contribution is 2.27. The van der Waals surface area contributed by atoms with Crippen LogP contribution >= 0.6 is 0 Å². The minimum atomic E-state index is -0.668. The SMILES string of the molecule is O=c1oc2ccccc2c(O)c1Cc1coc2ccccc2c1=O. The fourth-order valence-electron chi connectivity index (χ4n) is 2.76. The molecule has 0 spiro atoms. The van der Waals surface area contributed by atoms with Crippen LogP contribution in [0.1, 0.15) is 11.1 Å².